The average Bonchev–Trinajstić information content (AvgIpc) is 2.67. The lowest BCUT2D eigenvalue weighted by molar-refractivity contribution is -0.123. The molecule has 28 heavy (non-hydrogen) atoms. The van der Waals surface area contributed by atoms with Crippen LogP contribution in [-0.2, 0) is 9.59 Å². The highest BCUT2D eigenvalue weighted by Crippen LogP contribution is 2.28. The zero-order valence-electron chi connectivity index (χ0n) is 16.4. The van der Waals surface area contributed by atoms with Crippen LogP contribution in [0.4, 0.5) is 4.79 Å². The molecule has 1 aliphatic heterocycles. The summed E-state index contributed by atoms with van der Waals surface area (Å²) in [7, 11) is 0. The number of carbonyl (C=O) groups is 3. The summed E-state index contributed by atoms with van der Waals surface area (Å²) in [5, 5.41) is 4.14. The molecule has 6 heteroatoms. The number of hydrogen-bond acceptors (Lipinski definition) is 4. The molecule has 1 saturated heterocycles. The van der Waals surface area contributed by atoms with E-state index < -0.39 is 17.8 Å². The van der Waals surface area contributed by atoms with Crippen molar-refractivity contribution < 1.29 is 19.1 Å². The maximum Gasteiger partial charge on any atom is 0.328 e. The summed E-state index contributed by atoms with van der Waals surface area (Å²) in [6.45, 7) is 2.62. The van der Waals surface area contributed by atoms with E-state index in [4.69, 9.17) is 4.74 Å². The lowest BCUT2D eigenvalue weighted by Crippen LogP contribution is -2.51. The minimum absolute atomic E-state index is 0.0955. The number of aryl methyl sites for hydroxylation is 1. The second kappa shape index (κ2) is 9.53. The fourth-order valence-corrected chi connectivity index (χ4v) is 3.83. The van der Waals surface area contributed by atoms with E-state index in [1.807, 2.05) is 25.1 Å². The van der Waals surface area contributed by atoms with Gasteiger partial charge in [-0.3, -0.25) is 20.2 Å². The van der Waals surface area contributed by atoms with E-state index in [-0.39, 0.29) is 5.57 Å². The van der Waals surface area contributed by atoms with Crippen molar-refractivity contribution in [3.8, 4) is 5.75 Å². The van der Waals surface area contributed by atoms with E-state index in [0.29, 0.717) is 12.2 Å². The van der Waals surface area contributed by atoms with Gasteiger partial charge >= 0.3 is 6.03 Å². The Morgan fingerprint density at radius 2 is 1.75 bits per heavy atom. The smallest absolute Gasteiger partial charge is 0.328 e. The van der Waals surface area contributed by atoms with Gasteiger partial charge in [0.2, 0.25) is 0 Å². The largest absolute Gasteiger partial charge is 0.493 e. The quantitative estimate of drug-likeness (QED) is 0.424. The molecule has 1 heterocycles. The first-order chi connectivity index (χ1) is 13.5. The minimum Gasteiger partial charge on any atom is -0.493 e. The molecule has 1 aromatic rings. The van der Waals surface area contributed by atoms with Gasteiger partial charge in [0.25, 0.3) is 11.8 Å². The minimum atomic E-state index is -0.798. The third-order valence-electron chi connectivity index (χ3n) is 5.46. The van der Waals surface area contributed by atoms with Crippen molar-refractivity contribution in [2.45, 2.75) is 58.3 Å². The molecule has 0 atom stereocenters. The summed E-state index contributed by atoms with van der Waals surface area (Å²) < 4.78 is 5.94. The summed E-state index contributed by atoms with van der Waals surface area (Å²) in [6, 6.07) is 4.73. The van der Waals surface area contributed by atoms with Crippen LogP contribution in [0.2, 0.25) is 0 Å². The monoisotopic (exact) mass is 384 g/mol. The van der Waals surface area contributed by atoms with E-state index in [2.05, 4.69) is 10.6 Å². The molecule has 2 N–H and O–H groups in total. The number of carbonyl (C=O) groups excluding carboxylic acids is 3. The molecule has 150 valence electrons. The summed E-state index contributed by atoms with van der Waals surface area (Å²) in [4.78, 5) is 34.8. The van der Waals surface area contributed by atoms with Crippen molar-refractivity contribution in [3.05, 3.63) is 34.9 Å². The number of barbiturate groups is 1. The van der Waals surface area contributed by atoms with E-state index in [9.17, 15) is 14.4 Å². The van der Waals surface area contributed by atoms with Crippen molar-refractivity contribution in [1.82, 2.24) is 10.6 Å². The molecule has 1 aliphatic carbocycles. The molecule has 4 amide bonds. The Kier molecular flexibility index (Phi) is 6.85. The van der Waals surface area contributed by atoms with Crippen LogP contribution >= 0.6 is 0 Å². The molecular formula is C22H28N2O4. The maximum atomic E-state index is 11.9. The fourth-order valence-electron chi connectivity index (χ4n) is 3.83. The highest BCUT2D eigenvalue weighted by molar-refractivity contribution is 6.31. The van der Waals surface area contributed by atoms with Crippen molar-refractivity contribution >= 4 is 23.9 Å². The van der Waals surface area contributed by atoms with Crippen LogP contribution < -0.4 is 15.4 Å². The number of nitrogens with one attached hydrogen (secondary N) is 2. The standard InChI is InChI=1S/C22H28N2O4/c1-15-10-11-17(13-18-20(25)23-22(27)24-21(18)26)14-19(15)28-12-6-5-9-16-7-3-2-4-8-16/h10-11,13-14,16H,2-9,12H2,1H3,(H2,23,24,25,26,27). The van der Waals surface area contributed by atoms with Gasteiger partial charge in [0.1, 0.15) is 11.3 Å². The van der Waals surface area contributed by atoms with Crippen molar-refractivity contribution in [1.29, 1.82) is 0 Å². The Morgan fingerprint density at radius 1 is 1.04 bits per heavy atom. The van der Waals surface area contributed by atoms with Crippen molar-refractivity contribution in [3.63, 3.8) is 0 Å². The molecule has 3 rings (SSSR count). The van der Waals surface area contributed by atoms with Gasteiger partial charge in [-0.1, -0.05) is 50.7 Å². The Hall–Kier alpha value is -2.63. The summed E-state index contributed by atoms with van der Waals surface area (Å²) in [6.07, 6.45) is 11.9. The lowest BCUT2D eigenvalue weighted by atomic mass is 9.86. The number of amides is 4. The van der Waals surface area contributed by atoms with Gasteiger partial charge < -0.3 is 4.74 Å². The first kappa shape index (κ1) is 20.1. The second-order valence-electron chi connectivity index (χ2n) is 7.67. The number of hydrogen-bond donors (Lipinski definition) is 2. The number of imide groups is 2. The van der Waals surface area contributed by atoms with Gasteiger partial charge in [-0.2, -0.15) is 0 Å². The molecule has 0 radical (unpaired) electrons. The lowest BCUT2D eigenvalue weighted by Gasteiger charge is -2.21. The van der Waals surface area contributed by atoms with Gasteiger partial charge in [-0.25, -0.2) is 4.79 Å². The zero-order valence-corrected chi connectivity index (χ0v) is 16.4. The Balaban J connectivity index is 1.54. The number of ether oxygens (including phenoxy) is 1. The van der Waals surface area contributed by atoms with E-state index in [0.717, 1.165) is 23.7 Å². The number of rotatable bonds is 7. The summed E-state index contributed by atoms with van der Waals surface area (Å²) in [5.74, 6) is 0.254. The van der Waals surface area contributed by atoms with Crippen LogP contribution in [0.3, 0.4) is 0 Å². The highest BCUT2D eigenvalue weighted by atomic mass is 16.5. The summed E-state index contributed by atoms with van der Waals surface area (Å²) in [5.41, 5.74) is 1.58. The van der Waals surface area contributed by atoms with Crippen molar-refractivity contribution in [2.75, 3.05) is 6.61 Å². The SMILES string of the molecule is Cc1ccc(C=C2C(=O)NC(=O)NC2=O)cc1OCCCCC1CCCCC1. The predicted molar refractivity (Wildman–Crippen MR) is 107 cm³/mol. The topological polar surface area (TPSA) is 84.5 Å². The molecule has 6 nitrogen and oxygen atoms in total. The number of benzene rings is 1. The van der Waals surface area contributed by atoms with Crippen LogP contribution in [0.25, 0.3) is 6.08 Å². The molecular weight excluding hydrogens is 356 g/mol. The summed E-state index contributed by atoms with van der Waals surface area (Å²) >= 11 is 0. The van der Waals surface area contributed by atoms with E-state index in [1.165, 1.54) is 51.0 Å². The third-order valence-corrected chi connectivity index (χ3v) is 5.46. The third kappa shape index (κ3) is 5.44. The molecule has 0 spiro atoms. The number of unbranched alkanes of at least 4 members (excludes halogenated alkanes) is 1. The molecule has 0 unspecified atom stereocenters. The van der Waals surface area contributed by atoms with Crippen LogP contribution in [0, 0.1) is 12.8 Å². The number of urea groups is 1. The van der Waals surface area contributed by atoms with Gasteiger partial charge in [0.05, 0.1) is 6.61 Å². The van der Waals surface area contributed by atoms with E-state index >= 15 is 0 Å². The Morgan fingerprint density at radius 3 is 2.46 bits per heavy atom. The highest BCUT2D eigenvalue weighted by Gasteiger charge is 2.27. The normalized spacial score (nSPS) is 17.9. The van der Waals surface area contributed by atoms with Gasteiger partial charge in [0.15, 0.2) is 0 Å². The molecule has 1 aromatic carbocycles. The molecule has 2 fully saturated rings. The average molecular weight is 384 g/mol. The van der Waals surface area contributed by atoms with Crippen LogP contribution in [-0.4, -0.2) is 24.5 Å². The molecule has 0 bridgehead atoms. The second-order valence-corrected chi connectivity index (χ2v) is 7.67. The molecule has 2 aliphatic rings. The van der Waals surface area contributed by atoms with Crippen LogP contribution in [0.15, 0.2) is 23.8 Å². The first-order valence-corrected chi connectivity index (χ1v) is 10.1. The zero-order chi connectivity index (χ0) is 19.9. The van der Waals surface area contributed by atoms with E-state index in [1.54, 1.807) is 0 Å². The maximum absolute atomic E-state index is 11.9. The van der Waals surface area contributed by atoms with Gasteiger partial charge in [0, 0.05) is 0 Å². The van der Waals surface area contributed by atoms with Crippen LogP contribution in [0.5, 0.6) is 5.75 Å². The Labute approximate surface area is 165 Å². The van der Waals surface area contributed by atoms with Gasteiger partial charge in [-0.15, -0.1) is 0 Å². The predicted octanol–water partition coefficient (Wildman–Crippen LogP) is 3.87. The van der Waals surface area contributed by atoms with Crippen LogP contribution in [0.1, 0.15) is 62.5 Å². The van der Waals surface area contributed by atoms with Crippen molar-refractivity contribution in [2.24, 2.45) is 5.92 Å². The Bertz CT molecular complexity index is 757. The molecule has 0 aromatic heterocycles. The fraction of sp³-hybridized carbons (Fsp3) is 0.500. The van der Waals surface area contributed by atoms with Gasteiger partial charge in [-0.05, 0) is 49.0 Å². The molecule has 1 saturated carbocycles. The first-order valence-electron chi connectivity index (χ1n) is 10.1.